The number of hydrogen-bond donors (Lipinski definition) is 2. The van der Waals surface area contributed by atoms with E-state index >= 15 is 0 Å². The molecule has 0 radical (unpaired) electrons. The maximum Gasteiger partial charge on any atom is 0.407 e. The molecule has 0 saturated carbocycles. The zero-order valence-electron chi connectivity index (χ0n) is 14.4. The number of carbonyl (C=O) groups excluding carboxylic acids is 2. The fourth-order valence-electron chi connectivity index (χ4n) is 1.48. The van der Waals surface area contributed by atoms with E-state index in [-0.39, 0.29) is 24.6 Å². The topological polar surface area (TPSA) is 76.7 Å². The van der Waals surface area contributed by atoms with Crippen LogP contribution in [0.2, 0.25) is 0 Å². The molecule has 7 heteroatoms. The van der Waals surface area contributed by atoms with Crippen molar-refractivity contribution in [3.8, 4) is 0 Å². The molecule has 0 bridgehead atoms. The molecular formula is C15H29ClN2O4. The summed E-state index contributed by atoms with van der Waals surface area (Å²) < 4.78 is 10.2. The highest BCUT2D eigenvalue weighted by Crippen LogP contribution is 2.19. The van der Waals surface area contributed by atoms with Crippen molar-refractivity contribution in [3.63, 3.8) is 0 Å². The number of rotatable bonds is 6. The van der Waals surface area contributed by atoms with E-state index in [1.807, 2.05) is 20.8 Å². The summed E-state index contributed by atoms with van der Waals surface area (Å²) in [7, 11) is 0. The number of amides is 2. The van der Waals surface area contributed by atoms with Gasteiger partial charge in [0.1, 0.15) is 5.60 Å². The van der Waals surface area contributed by atoms with Gasteiger partial charge < -0.3 is 20.1 Å². The van der Waals surface area contributed by atoms with Gasteiger partial charge in [0.15, 0.2) is 0 Å². The maximum atomic E-state index is 11.9. The molecule has 0 aliphatic carbocycles. The molecule has 6 nitrogen and oxygen atoms in total. The van der Waals surface area contributed by atoms with E-state index < -0.39 is 17.8 Å². The molecule has 0 aromatic heterocycles. The van der Waals surface area contributed by atoms with Crippen molar-refractivity contribution in [1.82, 2.24) is 10.6 Å². The van der Waals surface area contributed by atoms with Crippen molar-refractivity contribution >= 4 is 23.8 Å². The average Bonchev–Trinajstić information content (AvgIpc) is 2.31. The predicted octanol–water partition coefficient (Wildman–Crippen LogP) is 3.28. The minimum absolute atomic E-state index is 0.250. The van der Waals surface area contributed by atoms with Crippen LogP contribution in [0.4, 0.5) is 9.59 Å². The fraction of sp³-hybridized carbons (Fsp3) is 0.867. The van der Waals surface area contributed by atoms with Crippen LogP contribution in [0.5, 0.6) is 0 Å². The van der Waals surface area contributed by atoms with Gasteiger partial charge in [0.2, 0.25) is 0 Å². The third-order valence-electron chi connectivity index (χ3n) is 2.70. The summed E-state index contributed by atoms with van der Waals surface area (Å²) in [6.45, 7) is 11.8. The first kappa shape index (κ1) is 20.8. The van der Waals surface area contributed by atoms with Gasteiger partial charge in [0, 0.05) is 12.4 Å². The number of nitrogens with one attached hydrogen (secondary N) is 2. The van der Waals surface area contributed by atoms with E-state index in [9.17, 15) is 9.59 Å². The maximum absolute atomic E-state index is 11.9. The molecule has 2 N–H and O–H groups in total. The van der Waals surface area contributed by atoms with E-state index in [0.717, 1.165) is 0 Å². The van der Waals surface area contributed by atoms with Crippen molar-refractivity contribution in [1.29, 1.82) is 0 Å². The zero-order chi connectivity index (χ0) is 17.4. The quantitative estimate of drug-likeness (QED) is 0.576. The third kappa shape index (κ3) is 10.5. The predicted molar refractivity (Wildman–Crippen MR) is 87.3 cm³/mol. The van der Waals surface area contributed by atoms with Gasteiger partial charge in [0.25, 0.3) is 0 Å². The Morgan fingerprint density at radius 3 is 2.14 bits per heavy atom. The second kappa shape index (κ2) is 9.08. The van der Waals surface area contributed by atoms with Gasteiger partial charge in [-0.25, -0.2) is 9.59 Å². The second-order valence-electron chi connectivity index (χ2n) is 7.12. The Labute approximate surface area is 138 Å². The molecule has 0 aromatic carbocycles. The van der Waals surface area contributed by atoms with E-state index in [1.54, 1.807) is 20.8 Å². The van der Waals surface area contributed by atoms with Crippen molar-refractivity contribution in [2.75, 3.05) is 19.0 Å². The number of ether oxygens (including phenoxy) is 2. The summed E-state index contributed by atoms with van der Waals surface area (Å²) in [5.74, 6) is 0.443. The van der Waals surface area contributed by atoms with Crippen LogP contribution >= 0.6 is 11.6 Å². The van der Waals surface area contributed by atoms with Crippen LogP contribution in [-0.2, 0) is 9.47 Å². The lowest BCUT2D eigenvalue weighted by Gasteiger charge is -2.32. The molecule has 130 valence electrons. The van der Waals surface area contributed by atoms with Gasteiger partial charge in [-0.15, -0.1) is 11.6 Å². The van der Waals surface area contributed by atoms with E-state index in [0.29, 0.717) is 12.3 Å². The summed E-state index contributed by atoms with van der Waals surface area (Å²) >= 11 is 5.51. The third-order valence-corrected chi connectivity index (χ3v) is 2.97. The van der Waals surface area contributed by atoms with Crippen LogP contribution in [0.15, 0.2) is 0 Å². The molecule has 0 saturated heterocycles. The molecule has 0 aromatic rings. The van der Waals surface area contributed by atoms with Crippen LogP contribution in [0.3, 0.4) is 0 Å². The Balaban J connectivity index is 4.43. The SMILES string of the molecule is CC(C)(C)OC(=O)N[C@H](CNC(=O)OCCCCl)C(C)(C)C. The van der Waals surface area contributed by atoms with E-state index in [2.05, 4.69) is 10.6 Å². The summed E-state index contributed by atoms with van der Waals surface area (Å²) in [4.78, 5) is 23.4. The molecule has 0 unspecified atom stereocenters. The molecule has 0 fully saturated rings. The molecule has 1 atom stereocenters. The standard InChI is InChI=1S/C15H29ClN2O4/c1-14(2,3)11(18-13(20)22-15(4,5)6)10-17-12(19)21-9-7-8-16/h11H,7-10H2,1-6H3,(H,17,19)(H,18,20)/t11-/m1/s1. The summed E-state index contributed by atoms with van der Waals surface area (Å²) in [6, 6.07) is -0.289. The molecule has 2 amide bonds. The number of halogens is 1. The first-order chi connectivity index (χ1) is 9.95. The summed E-state index contributed by atoms with van der Waals surface area (Å²) in [6.07, 6.45) is -0.427. The smallest absolute Gasteiger partial charge is 0.407 e. The highest BCUT2D eigenvalue weighted by molar-refractivity contribution is 6.17. The normalized spacial score (nSPS) is 13.2. The van der Waals surface area contributed by atoms with E-state index in [1.165, 1.54) is 0 Å². The molecular weight excluding hydrogens is 308 g/mol. The van der Waals surface area contributed by atoms with Crippen LogP contribution in [-0.4, -0.2) is 42.9 Å². The van der Waals surface area contributed by atoms with Crippen LogP contribution in [0.1, 0.15) is 48.0 Å². The molecule has 22 heavy (non-hydrogen) atoms. The molecule has 0 aliphatic rings. The zero-order valence-corrected chi connectivity index (χ0v) is 15.2. The van der Waals surface area contributed by atoms with Gasteiger partial charge in [-0.3, -0.25) is 0 Å². The van der Waals surface area contributed by atoms with Crippen LogP contribution in [0, 0.1) is 5.41 Å². The van der Waals surface area contributed by atoms with Crippen molar-refractivity contribution in [2.24, 2.45) is 5.41 Å². The van der Waals surface area contributed by atoms with Crippen molar-refractivity contribution in [2.45, 2.75) is 59.6 Å². The van der Waals surface area contributed by atoms with Gasteiger partial charge in [-0.2, -0.15) is 0 Å². The van der Waals surface area contributed by atoms with Gasteiger partial charge >= 0.3 is 12.2 Å². The Morgan fingerprint density at radius 1 is 1.09 bits per heavy atom. The Hall–Kier alpha value is -1.17. The van der Waals surface area contributed by atoms with E-state index in [4.69, 9.17) is 21.1 Å². The molecule has 0 rings (SSSR count). The highest BCUT2D eigenvalue weighted by atomic mass is 35.5. The van der Waals surface area contributed by atoms with Crippen molar-refractivity contribution in [3.05, 3.63) is 0 Å². The van der Waals surface area contributed by atoms with Crippen molar-refractivity contribution < 1.29 is 19.1 Å². The minimum atomic E-state index is -0.569. The summed E-state index contributed by atoms with van der Waals surface area (Å²) in [5, 5.41) is 5.43. The lowest BCUT2D eigenvalue weighted by atomic mass is 9.87. The fourth-order valence-corrected chi connectivity index (χ4v) is 1.59. The molecule has 0 heterocycles. The van der Waals surface area contributed by atoms with Gasteiger partial charge in [-0.1, -0.05) is 20.8 Å². The molecule has 0 spiro atoms. The largest absolute Gasteiger partial charge is 0.450 e. The first-order valence-electron chi connectivity index (χ1n) is 7.42. The monoisotopic (exact) mass is 336 g/mol. The van der Waals surface area contributed by atoms with Gasteiger partial charge in [-0.05, 0) is 32.6 Å². The minimum Gasteiger partial charge on any atom is -0.450 e. The average molecular weight is 337 g/mol. The Bertz CT molecular complexity index is 362. The highest BCUT2D eigenvalue weighted by Gasteiger charge is 2.28. The summed E-state index contributed by atoms with van der Waals surface area (Å²) in [5.41, 5.74) is -0.819. The lowest BCUT2D eigenvalue weighted by molar-refractivity contribution is 0.0461. The number of alkyl halides is 1. The number of hydrogen-bond acceptors (Lipinski definition) is 4. The van der Waals surface area contributed by atoms with Crippen LogP contribution in [0.25, 0.3) is 0 Å². The Morgan fingerprint density at radius 2 is 1.68 bits per heavy atom. The second-order valence-corrected chi connectivity index (χ2v) is 7.50. The van der Waals surface area contributed by atoms with Gasteiger partial charge in [0.05, 0.1) is 12.6 Å². The molecule has 0 aliphatic heterocycles. The first-order valence-corrected chi connectivity index (χ1v) is 7.95. The number of alkyl carbamates (subject to hydrolysis) is 2. The number of carbonyl (C=O) groups is 2. The lowest BCUT2D eigenvalue weighted by Crippen LogP contribution is -2.51. The Kier molecular flexibility index (Phi) is 8.60. The van der Waals surface area contributed by atoms with Crippen LogP contribution < -0.4 is 10.6 Å².